The molecule has 0 bridgehead atoms. The van der Waals surface area contributed by atoms with E-state index in [1.54, 1.807) is 0 Å². The number of aliphatic hydroxyl groups excluding tert-OH is 1. The van der Waals surface area contributed by atoms with E-state index in [-0.39, 0.29) is 24.8 Å². The number of ether oxygens (including phenoxy) is 1. The Kier molecular flexibility index (Phi) is 5.80. The second-order valence-electron chi connectivity index (χ2n) is 7.11. The zero-order valence-electron chi connectivity index (χ0n) is 15.5. The zero-order valence-corrected chi connectivity index (χ0v) is 16.3. The summed E-state index contributed by atoms with van der Waals surface area (Å²) in [6, 6.07) is 11.5. The van der Waals surface area contributed by atoms with Crippen molar-refractivity contribution in [2.45, 2.75) is 39.0 Å². The lowest BCUT2D eigenvalue weighted by atomic mass is 9.93. The molecule has 0 fully saturated rings. The van der Waals surface area contributed by atoms with Crippen LogP contribution >= 0.6 is 11.3 Å². The number of fused-ring (bicyclic) bond motifs is 1. The first kappa shape index (κ1) is 19.4. The monoisotopic (exact) mass is 385 g/mol. The van der Waals surface area contributed by atoms with Crippen LogP contribution in [0.5, 0.6) is 0 Å². The van der Waals surface area contributed by atoms with Gasteiger partial charge in [0, 0.05) is 24.4 Å². The van der Waals surface area contributed by atoms with Crippen molar-refractivity contribution < 1.29 is 14.6 Å². The molecule has 3 rings (SSSR count). The highest BCUT2D eigenvalue weighted by molar-refractivity contribution is 7.16. The minimum absolute atomic E-state index is 0.131. The van der Waals surface area contributed by atoms with Crippen molar-refractivity contribution in [1.82, 2.24) is 4.90 Å². The van der Waals surface area contributed by atoms with Crippen LogP contribution < -0.4 is 5.32 Å². The van der Waals surface area contributed by atoms with Crippen molar-refractivity contribution >= 4 is 22.4 Å². The molecular formula is C20H23N3O3S. The fraction of sp³-hybridized carbons (Fsp3) is 0.400. The van der Waals surface area contributed by atoms with E-state index < -0.39 is 0 Å². The van der Waals surface area contributed by atoms with Gasteiger partial charge in [0.05, 0.1) is 24.4 Å². The Morgan fingerprint density at radius 1 is 1.41 bits per heavy atom. The van der Waals surface area contributed by atoms with Crippen LogP contribution in [0, 0.1) is 11.3 Å². The van der Waals surface area contributed by atoms with Gasteiger partial charge in [0.25, 0.3) is 0 Å². The van der Waals surface area contributed by atoms with Crippen LogP contribution in [0.3, 0.4) is 0 Å². The lowest BCUT2D eigenvalue weighted by molar-refractivity contribution is -0.0383. The molecule has 142 valence electrons. The van der Waals surface area contributed by atoms with Crippen LogP contribution in [-0.2, 0) is 24.3 Å². The lowest BCUT2D eigenvalue weighted by Crippen LogP contribution is -2.36. The fourth-order valence-corrected chi connectivity index (χ4v) is 4.18. The first-order valence-corrected chi connectivity index (χ1v) is 9.64. The number of rotatable bonds is 5. The van der Waals surface area contributed by atoms with Crippen molar-refractivity contribution in [1.29, 1.82) is 5.26 Å². The average Bonchev–Trinajstić information content (AvgIpc) is 2.97. The first-order valence-electron chi connectivity index (χ1n) is 8.83. The number of nitrogens with one attached hydrogen (secondary N) is 1. The van der Waals surface area contributed by atoms with Gasteiger partial charge in [-0.15, -0.1) is 11.3 Å². The van der Waals surface area contributed by atoms with Gasteiger partial charge in [-0.25, -0.2) is 4.79 Å². The predicted octanol–water partition coefficient (Wildman–Crippen LogP) is 3.50. The summed E-state index contributed by atoms with van der Waals surface area (Å²) in [6.07, 6.45) is 0.641. The van der Waals surface area contributed by atoms with Crippen LogP contribution in [0.4, 0.5) is 9.80 Å². The quantitative estimate of drug-likeness (QED) is 0.825. The minimum Gasteiger partial charge on any atom is -0.395 e. The summed E-state index contributed by atoms with van der Waals surface area (Å²) in [4.78, 5) is 15.3. The Bertz CT molecular complexity index is 855. The maximum atomic E-state index is 12.8. The van der Waals surface area contributed by atoms with Crippen molar-refractivity contribution in [3.05, 3.63) is 51.9 Å². The van der Waals surface area contributed by atoms with E-state index >= 15 is 0 Å². The van der Waals surface area contributed by atoms with Crippen molar-refractivity contribution in [2.75, 3.05) is 18.5 Å². The van der Waals surface area contributed by atoms with Crippen LogP contribution in [0.15, 0.2) is 30.3 Å². The number of benzene rings is 1. The number of thiophene rings is 1. The molecule has 2 amide bonds. The minimum atomic E-state index is -0.330. The molecule has 0 atom stereocenters. The number of aliphatic hydroxyl groups is 1. The molecular weight excluding hydrogens is 362 g/mol. The Balaban J connectivity index is 1.80. The van der Waals surface area contributed by atoms with E-state index in [1.165, 1.54) is 16.2 Å². The van der Waals surface area contributed by atoms with E-state index in [0.29, 0.717) is 30.1 Å². The summed E-state index contributed by atoms with van der Waals surface area (Å²) >= 11 is 1.39. The number of nitrogens with zero attached hydrogens (tertiary/aromatic N) is 2. The van der Waals surface area contributed by atoms with Crippen LogP contribution in [0.2, 0.25) is 0 Å². The van der Waals surface area contributed by atoms with Crippen molar-refractivity contribution in [2.24, 2.45) is 0 Å². The third-order valence-corrected chi connectivity index (χ3v) is 5.61. The van der Waals surface area contributed by atoms with Crippen LogP contribution in [-0.4, -0.2) is 34.8 Å². The summed E-state index contributed by atoms with van der Waals surface area (Å²) in [5.41, 5.74) is 2.13. The van der Waals surface area contributed by atoms with Gasteiger partial charge < -0.3 is 14.7 Å². The van der Waals surface area contributed by atoms with Gasteiger partial charge in [0.1, 0.15) is 11.1 Å². The van der Waals surface area contributed by atoms with Crippen LogP contribution in [0.1, 0.15) is 35.4 Å². The van der Waals surface area contributed by atoms with Gasteiger partial charge in [-0.3, -0.25) is 5.32 Å². The standard InChI is InChI=1S/C20H23N3O3S/c1-20(2)10-15-16(11-21)18(27-17(15)13-26-20)22-19(25)23(8-9-24)12-14-6-4-3-5-7-14/h3-7,24H,8-10,12-13H2,1-2H3,(H,22,25). The van der Waals surface area contributed by atoms with E-state index in [2.05, 4.69) is 11.4 Å². The Labute approximate surface area is 163 Å². The maximum absolute atomic E-state index is 12.8. The van der Waals surface area contributed by atoms with E-state index in [9.17, 15) is 15.2 Å². The van der Waals surface area contributed by atoms with Gasteiger partial charge in [0.2, 0.25) is 0 Å². The Hall–Kier alpha value is -2.40. The first-order chi connectivity index (χ1) is 12.9. The number of hydrogen-bond acceptors (Lipinski definition) is 5. The molecule has 2 heterocycles. The molecule has 0 radical (unpaired) electrons. The number of hydrogen-bond donors (Lipinski definition) is 2. The lowest BCUT2D eigenvalue weighted by Gasteiger charge is -2.29. The normalized spacial score (nSPS) is 14.9. The number of anilines is 1. The number of urea groups is 1. The van der Waals surface area contributed by atoms with Gasteiger partial charge >= 0.3 is 6.03 Å². The Morgan fingerprint density at radius 3 is 2.81 bits per heavy atom. The molecule has 0 saturated carbocycles. The molecule has 1 aliphatic rings. The average molecular weight is 385 g/mol. The third kappa shape index (κ3) is 4.48. The molecule has 1 aromatic heterocycles. The third-order valence-electron chi connectivity index (χ3n) is 4.49. The predicted molar refractivity (Wildman–Crippen MR) is 105 cm³/mol. The van der Waals surface area contributed by atoms with E-state index in [0.717, 1.165) is 16.0 Å². The molecule has 7 heteroatoms. The van der Waals surface area contributed by atoms with E-state index in [1.807, 2.05) is 44.2 Å². The summed E-state index contributed by atoms with van der Waals surface area (Å²) < 4.78 is 5.82. The molecule has 0 unspecified atom stereocenters. The SMILES string of the molecule is CC1(C)Cc2c(sc(NC(=O)N(CCO)Cc3ccccc3)c2C#N)CO1. The smallest absolute Gasteiger partial charge is 0.322 e. The summed E-state index contributed by atoms with van der Waals surface area (Å²) in [5.74, 6) is 0. The second kappa shape index (κ2) is 8.09. The number of amides is 2. The van der Waals surface area contributed by atoms with Gasteiger partial charge in [-0.1, -0.05) is 30.3 Å². The topological polar surface area (TPSA) is 85.6 Å². The highest BCUT2D eigenvalue weighted by Gasteiger charge is 2.32. The molecule has 0 aliphatic carbocycles. The van der Waals surface area contributed by atoms with E-state index in [4.69, 9.17) is 4.74 Å². The molecule has 0 saturated heterocycles. The van der Waals surface area contributed by atoms with Gasteiger partial charge in [0.15, 0.2) is 0 Å². The number of carbonyl (C=O) groups is 1. The van der Waals surface area contributed by atoms with Crippen molar-refractivity contribution in [3.8, 4) is 6.07 Å². The second-order valence-corrected chi connectivity index (χ2v) is 8.21. The molecule has 6 nitrogen and oxygen atoms in total. The summed E-state index contributed by atoms with van der Waals surface area (Å²) in [7, 11) is 0. The van der Waals surface area contributed by atoms with Crippen molar-refractivity contribution in [3.63, 3.8) is 0 Å². The number of nitriles is 1. The maximum Gasteiger partial charge on any atom is 0.322 e. The highest BCUT2D eigenvalue weighted by Crippen LogP contribution is 2.40. The highest BCUT2D eigenvalue weighted by atomic mass is 32.1. The molecule has 2 N–H and O–H groups in total. The fourth-order valence-electron chi connectivity index (χ4n) is 3.11. The molecule has 0 spiro atoms. The molecule has 1 aliphatic heterocycles. The molecule has 27 heavy (non-hydrogen) atoms. The largest absolute Gasteiger partial charge is 0.395 e. The molecule has 2 aromatic rings. The van der Waals surface area contributed by atoms with Gasteiger partial charge in [-0.2, -0.15) is 5.26 Å². The van der Waals surface area contributed by atoms with Gasteiger partial charge in [-0.05, 0) is 25.0 Å². The van der Waals surface area contributed by atoms with Crippen LogP contribution in [0.25, 0.3) is 0 Å². The Morgan fingerprint density at radius 2 is 2.15 bits per heavy atom. The number of carbonyl (C=O) groups excluding carboxylic acids is 1. The summed E-state index contributed by atoms with van der Waals surface area (Å²) in [6.45, 7) is 4.90. The molecule has 1 aromatic carbocycles. The zero-order chi connectivity index (χ0) is 19.4. The summed E-state index contributed by atoms with van der Waals surface area (Å²) in [5, 5.41) is 22.4.